The molecule has 3 heteroatoms. The van der Waals surface area contributed by atoms with Crippen molar-refractivity contribution in [2.75, 3.05) is 13.7 Å². The molecule has 0 amide bonds. The lowest BCUT2D eigenvalue weighted by Gasteiger charge is -2.57. The zero-order valence-corrected chi connectivity index (χ0v) is 15.9. The van der Waals surface area contributed by atoms with Gasteiger partial charge in [0.1, 0.15) is 0 Å². The fraction of sp³-hybridized carbons (Fsp3) is 0.762. The van der Waals surface area contributed by atoms with Crippen molar-refractivity contribution in [3.05, 3.63) is 23.8 Å². The van der Waals surface area contributed by atoms with E-state index in [2.05, 4.69) is 27.4 Å². The highest BCUT2D eigenvalue weighted by Crippen LogP contribution is 2.62. The summed E-state index contributed by atoms with van der Waals surface area (Å²) in [7, 11) is 1.52. The minimum absolute atomic E-state index is 0.0407. The molecule has 2 aliphatic rings. The Labute approximate surface area is 147 Å². The summed E-state index contributed by atoms with van der Waals surface area (Å²) in [5.74, 6) is 0.771. The maximum absolute atomic E-state index is 12.5. The average Bonchev–Trinajstić information content (AvgIpc) is 2.53. The standard InChI is InChI=1S/C21H34O3/c1-15(11-14-22)7-9-17-16(2)8-10-18-20(17,3)12-6-13-21(18,4)19(23)24-5/h11,17-18,22H,2,6-10,12-14H2,1,3-5H3/b15-11+/t17-,18+,20+,21-/m0/s1. The molecule has 136 valence electrons. The second kappa shape index (κ2) is 7.43. The number of hydrogen-bond donors (Lipinski definition) is 1. The molecular weight excluding hydrogens is 300 g/mol. The van der Waals surface area contributed by atoms with Gasteiger partial charge in [-0.15, -0.1) is 0 Å². The first-order valence-electron chi connectivity index (χ1n) is 9.32. The number of allylic oxidation sites excluding steroid dienone is 2. The first kappa shape index (κ1) is 19.2. The number of methoxy groups -OCH3 is 1. The van der Waals surface area contributed by atoms with Crippen LogP contribution in [0.3, 0.4) is 0 Å². The SMILES string of the molecule is C=C1CC[C@@H]2[C@](C)(CCC[C@]2(C)C(=O)OC)[C@H]1CC/C(C)=C/CO. The number of esters is 1. The van der Waals surface area contributed by atoms with Gasteiger partial charge in [-0.2, -0.15) is 0 Å². The average molecular weight is 335 g/mol. The molecule has 2 aliphatic carbocycles. The van der Waals surface area contributed by atoms with Crippen molar-refractivity contribution in [3.63, 3.8) is 0 Å². The molecule has 0 aromatic carbocycles. The molecule has 2 fully saturated rings. The molecule has 24 heavy (non-hydrogen) atoms. The van der Waals surface area contributed by atoms with Gasteiger partial charge < -0.3 is 9.84 Å². The monoisotopic (exact) mass is 334 g/mol. The Morgan fingerprint density at radius 2 is 2.12 bits per heavy atom. The van der Waals surface area contributed by atoms with Gasteiger partial charge in [0.15, 0.2) is 0 Å². The molecule has 4 atom stereocenters. The molecule has 0 bridgehead atoms. The molecule has 0 aliphatic heterocycles. The van der Waals surface area contributed by atoms with Crippen LogP contribution in [0.25, 0.3) is 0 Å². The second-order valence-corrected chi connectivity index (χ2v) is 8.34. The summed E-state index contributed by atoms with van der Waals surface area (Å²) in [6.07, 6.45) is 9.17. The Hall–Kier alpha value is -1.09. The zero-order chi connectivity index (χ0) is 18.0. The van der Waals surface area contributed by atoms with E-state index in [9.17, 15) is 4.79 Å². The minimum Gasteiger partial charge on any atom is -0.469 e. The van der Waals surface area contributed by atoms with E-state index in [1.807, 2.05) is 6.08 Å². The van der Waals surface area contributed by atoms with Crippen LogP contribution < -0.4 is 0 Å². The van der Waals surface area contributed by atoms with E-state index in [1.165, 1.54) is 18.3 Å². The van der Waals surface area contributed by atoms with Gasteiger partial charge in [-0.05, 0) is 69.6 Å². The van der Waals surface area contributed by atoms with E-state index in [-0.39, 0.29) is 23.4 Å². The van der Waals surface area contributed by atoms with Crippen LogP contribution in [-0.4, -0.2) is 24.8 Å². The highest BCUT2D eigenvalue weighted by Gasteiger charge is 2.57. The Bertz CT molecular complexity index is 521. The summed E-state index contributed by atoms with van der Waals surface area (Å²) >= 11 is 0. The summed E-state index contributed by atoms with van der Waals surface area (Å²) in [6.45, 7) is 11.1. The molecule has 0 radical (unpaired) electrons. The van der Waals surface area contributed by atoms with E-state index in [1.54, 1.807) is 0 Å². The van der Waals surface area contributed by atoms with E-state index in [4.69, 9.17) is 9.84 Å². The maximum Gasteiger partial charge on any atom is 0.311 e. The third-order valence-electron chi connectivity index (χ3n) is 6.94. The van der Waals surface area contributed by atoms with Crippen molar-refractivity contribution >= 4 is 5.97 Å². The predicted molar refractivity (Wildman–Crippen MR) is 97.5 cm³/mol. The van der Waals surface area contributed by atoms with Gasteiger partial charge in [0, 0.05) is 0 Å². The summed E-state index contributed by atoms with van der Waals surface area (Å²) < 4.78 is 5.18. The molecular formula is C21H34O3. The lowest BCUT2D eigenvalue weighted by molar-refractivity contribution is -0.168. The van der Waals surface area contributed by atoms with E-state index in [0.29, 0.717) is 11.8 Å². The Balaban J connectivity index is 2.27. The summed E-state index contributed by atoms with van der Waals surface area (Å²) in [5, 5.41) is 9.08. The number of aliphatic hydroxyl groups excluding tert-OH is 1. The van der Waals surface area contributed by atoms with Crippen LogP contribution in [0.1, 0.15) is 65.7 Å². The summed E-state index contributed by atoms with van der Waals surface area (Å²) in [5.41, 5.74) is 2.34. The fourth-order valence-corrected chi connectivity index (χ4v) is 5.59. The topological polar surface area (TPSA) is 46.5 Å². The van der Waals surface area contributed by atoms with E-state index >= 15 is 0 Å². The molecule has 0 unspecified atom stereocenters. The van der Waals surface area contributed by atoms with Crippen LogP contribution in [0.4, 0.5) is 0 Å². The van der Waals surface area contributed by atoms with E-state index < -0.39 is 0 Å². The lowest BCUT2D eigenvalue weighted by atomic mass is 9.46. The molecule has 3 nitrogen and oxygen atoms in total. The Kier molecular flexibility index (Phi) is 5.95. The van der Waals surface area contributed by atoms with Gasteiger partial charge in [0.25, 0.3) is 0 Å². The van der Waals surface area contributed by atoms with Crippen molar-refractivity contribution in [1.29, 1.82) is 0 Å². The number of carbonyl (C=O) groups excluding carboxylic acids is 1. The molecule has 0 spiro atoms. The van der Waals surface area contributed by atoms with Gasteiger partial charge in [-0.3, -0.25) is 4.79 Å². The molecule has 0 heterocycles. The van der Waals surface area contributed by atoms with Crippen LogP contribution in [0.2, 0.25) is 0 Å². The number of fused-ring (bicyclic) bond motifs is 1. The fourth-order valence-electron chi connectivity index (χ4n) is 5.59. The van der Waals surface area contributed by atoms with Crippen LogP contribution in [0.15, 0.2) is 23.8 Å². The number of aliphatic hydroxyl groups is 1. The molecule has 1 N–H and O–H groups in total. The molecule has 2 saturated carbocycles. The predicted octanol–water partition coefficient (Wildman–Crippen LogP) is 4.66. The largest absolute Gasteiger partial charge is 0.469 e. The first-order valence-corrected chi connectivity index (χ1v) is 9.32. The van der Waals surface area contributed by atoms with Gasteiger partial charge in [-0.1, -0.05) is 37.1 Å². The van der Waals surface area contributed by atoms with Crippen molar-refractivity contribution in [1.82, 2.24) is 0 Å². The number of hydrogen-bond acceptors (Lipinski definition) is 3. The Morgan fingerprint density at radius 1 is 1.42 bits per heavy atom. The normalized spacial score (nSPS) is 37.0. The molecule has 0 saturated heterocycles. The minimum atomic E-state index is -0.364. The maximum atomic E-state index is 12.5. The summed E-state index contributed by atoms with van der Waals surface area (Å²) in [6, 6.07) is 0. The van der Waals surface area contributed by atoms with Crippen LogP contribution in [0.5, 0.6) is 0 Å². The first-order chi connectivity index (χ1) is 11.3. The van der Waals surface area contributed by atoms with Crippen LogP contribution in [0, 0.1) is 22.7 Å². The van der Waals surface area contributed by atoms with Crippen LogP contribution >= 0.6 is 0 Å². The quantitative estimate of drug-likeness (QED) is 0.587. The van der Waals surface area contributed by atoms with Gasteiger partial charge >= 0.3 is 5.97 Å². The molecule has 0 aromatic rings. The van der Waals surface area contributed by atoms with Crippen LogP contribution in [-0.2, 0) is 9.53 Å². The number of rotatable bonds is 5. The third kappa shape index (κ3) is 3.33. The third-order valence-corrected chi connectivity index (χ3v) is 6.94. The van der Waals surface area contributed by atoms with Gasteiger partial charge in [0.05, 0.1) is 19.1 Å². The second-order valence-electron chi connectivity index (χ2n) is 8.34. The molecule has 2 rings (SSSR count). The Morgan fingerprint density at radius 3 is 2.75 bits per heavy atom. The highest BCUT2D eigenvalue weighted by atomic mass is 16.5. The van der Waals surface area contributed by atoms with Crippen molar-refractivity contribution in [3.8, 4) is 0 Å². The van der Waals surface area contributed by atoms with E-state index in [0.717, 1.165) is 44.9 Å². The lowest BCUT2D eigenvalue weighted by Crippen LogP contribution is -2.53. The van der Waals surface area contributed by atoms with Gasteiger partial charge in [0.2, 0.25) is 0 Å². The number of ether oxygens (including phenoxy) is 1. The smallest absolute Gasteiger partial charge is 0.311 e. The van der Waals surface area contributed by atoms with Crippen molar-refractivity contribution in [2.24, 2.45) is 22.7 Å². The zero-order valence-electron chi connectivity index (χ0n) is 15.9. The van der Waals surface area contributed by atoms with Gasteiger partial charge in [-0.25, -0.2) is 0 Å². The van der Waals surface area contributed by atoms with Crippen molar-refractivity contribution in [2.45, 2.75) is 65.7 Å². The number of carbonyl (C=O) groups is 1. The summed E-state index contributed by atoms with van der Waals surface area (Å²) in [4.78, 5) is 12.5. The van der Waals surface area contributed by atoms with Crippen molar-refractivity contribution < 1.29 is 14.6 Å². The molecule has 0 aromatic heterocycles. The highest BCUT2D eigenvalue weighted by molar-refractivity contribution is 5.77.